The molecule has 1 aliphatic rings. The molecular weight excluding hydrogens is 203 g/mol. The summed E-state index contributed by atoms with van der Waals surface area (Å²) >= 11 is 0. The van der Waals surface area contributed by atoms with E-state index in [9.17, 15) is 0 Å². The van der Waals surface area contributed by atoms with Gasteiger partial charge in [-0.1, -0.05) is 13.3 Å². The number of rotatable bonds is 4. The first kappa shape index (κ1) is 15.5. The largest absolute Gasteiger partial charge is 1.00 e. The van der Waals surface area contributed by atoms with E-state index in [1.54, 1.807) is 7.11 Å². The molecule has 1 unspecified atom stereocenters. The van der Waals surface area contributed by atoms with Crippen LogP contribution in [0.5, 0.6) is 0 Å². The predicted molar refractivity (Wildman–Crippen MR) is 55.2 cm³/mol. The van der Waals surface area contributed by atoms with E-state index in [-0.39, 0.29) is 51.4 Å². The quantitative estimate of drug-likeness (QED) is 0.429. The van der Waals surface area contributed by atoms with Crippen molar-refractivity contribution in [2.75, 3.05) is 39.9 Å². The van der Waals surface area contributed by atoms with Crippen LogP contribution < -0.4 is 51.4 Å². The van der Waals surface area contributed by atoms with Crippen molar-refractivity contribution in [2.24, 2.45) is 0 Å². The standard InChI is InChI=1S/C10H21N2O.K/c1-10-9-12(6-3-5-11-10)7-4-8-13-2;/h10H,3-9H2,1-2H3;/q-1;+1. The molecule has 0 aromatic carbocycles. The first-order chi connectivity index (χ1) is 6.33. The zero-order chi connectivity index (χ0) is 9.52. The van der Waals surface area contributed by atoms with Gasteiger partial charge in [-0.25, -0.2) is 0 Å². The van der Waals surface area contributed by atoms with Crippen LogP contribution in [0.1, 0.15) is 19.8 Å². The zero-order valence-electron chi connectivity index (χ0n) is 9.83. The normalized spacial score (nSPS) is 24.0. The topological polar surface area (TPSA) is 26.6 Å². The fourth-order valence-electron chi connectivity index (χ4n) is 1.76. The molecule has 1 aliphatic heterocycles. The van der Waals surface area contributed by atoms with Crippen molar-refractivity contribution >= 4 is 0 Å². The van der Waals surface area contributed by atoms with Crippen LogP contribution >= 0.6 is 0 Å². The van der Waals surface area contributed by atoms with Gasteiger partial charge in [-0.2, -0.15) is 0 Å². The maximum absolute atomic E-state index is 5.04. The van der Waals surface area contributed by atoms with Gasteiger partial charge in [-0.15, -0.1) is 12.6 Å². The van der Waals surface area contributed by atoms with Crippen molar-refractivity contribution in [1.29, 1.82) is 0 Å². The molecule has 0 amide bonds. The van der Waals surface area contributed by atoms with Gasteiger partial charge >= 0.3 is 51.4 Å². The molecule has 0 radical (unpaired) electrons. The molecule has 0 N–H and O–H groups in total. The van der Waals surface area contributed by atoms with Gasteiger partial charge in [-0.05, 0) is 19.5 Å². The maximum atomic E-state index is 5.04. The van der Waals surface area contributed by atoms with Crippen LogP contribution in [0.4, 0.5) is 0 Å². The van der Waals surface area contributed by atoms with Gasteiger partial charge < -0.3 is 15.0 Å². The summed E-state index contributed by atoms with van der Waals surface area (Å²) in [6, 6.07) is 0.519. The van der Waals surface area contributed by atoms with E-state index in [4.69, 9.17) is 4.74 Å². The summed E-state index contributed by atoms with van der Waals surface area (Å²) in [7, 11) is 1.76. The molecule has 1 saturated heterocycles. The smallest absolute Gasteiger partial charge is 0.659 e. The Morgan fingerprint density at radius 3 is 3.00 bits per heavy atom. The van der Waals surface area contributed by atoms with Crippen LogP contribution in [0.2, 0.25) is 0 Å². The van der Waals surface area contributed by atoms with E-state index in [1.165, 1.54) is 13.0 Å². The fourth-order valence-corrected chi connectivity index (χ4v) is 1.76. The van der Waals surface area contributed by atoms with Crippen LogP contribution in [0.3, 0.4) is 0 Å². The minimum absolute atomic E-state index is 0. The van der Waals surface area contributed by atoms with Gasteiger partial charge in [0.05, 0.1) is 0 Å². The Bertz CT molecular complexity index is 135. The second kappa shape index (κ2) is 9.72. The van der Waals surface area contributed by atoms with Crippen LogP contribution in [0.15, 0.2) is 0 Å². The Hall–Kier alpha value is 1.52. The van der Waals surface area contributed by atoms with Crippen LogP contribution in [0, 0.1) is 0 Å². The minimum atomic E-state index is 0. The van der Waals surface area contributed by atoms with Crippen molar-refractivity contribution in [2.45, 2.75) is 25.8 Å². The number of ether oxygens (including phenoxy) is 1. The third-order valence-corrected chi connectivity index (χ3v) is 2.42. The maximum Gasteiger partial charge on any atom is 1.00 e. The minimum Gasteiger partial charge on any atom is -0.659 e. The first-order valence-electron chi connectivity index (χ1n) is 5.21. The van der Waals surface area contributed by atoms with Crippen molar-refractivity contribution in [3.05, 3.63) is 5.32 Å². The Morgan fingerprint density at radius 2 is 2.29 bits per heavy atom. The molecule has 1 rings (SSSR count). The summed E-state index contributed by atoms with van der Waals surface area (Å²) in [5.74, 6) is 0. The third-order valence-electron chi connectivity index (χ3n) is 2.42. The zero-order valence-corrected chi connectivity index (χ0v) is 13.0. The SMILES string of the molecule is COCCCN1CCC[N-]C(C)C1.[K+]. The van der Waals surface area contributed by atoms with Gasteiger partial charge in [-0.3, -0.25) is 0 Å². The molecule has 0 aromatic rings. The van der Waals surface area contributed by atoms with Gasteiger partial charge in [0.1, 0.15) is 0 Å². The third kappa shape index (κ3) is 6.90. The first-order valence-corrected chi connectivity index (χ1v) is 5.21. The second-order valence-corrected chi connectivity index (χ2v) is 3.76. The van der Waals surface area contributed by atoms with Crippen molar-refractivity contribution in [1.82, 2.24) is 4.90 Å². The molecule has 1 atom stereocenters. The van der Waals surface area contributed by atoms with Gasteiger partial charge in [0.2, 0.25) is 0 Å². The molecule has 78 valence electrons. The van der Waals surface area contributed by atoms with E-state index >= 15 is 0 Å². The Labute approximate surface area is 130 Å². The summed E-state index contributed by atoms with van der Waals surface area (Å²) in [4.78, 5) is 2.50. The van der Waals surface area contributed by atoms with Crippen LogP contribution in [-0.4, -0.2) is 50.8 Å². The summed E-state index contributed by atoms with van der Waals surface area (Å²) in [5.41, 5.74) is 0. The molecule has 0 aliphatic carbocycles. The number of hydrogen-bond acceptors (Lipinski definition) is 2. The van der Waals surface area contributed by atoms with Crippen LogP contribution in [-0.2, 0) is 4.74 Å². The molecule has 1 heterocycles. The van der Waals surface area contributed by atoms with E-state index in [2.05, 4.69) is 17.1 Å². The molecule has 0 spiro atoms. The molecule has 14 heavy (non-hydrogen) atoms. The average Bonchev–Trinajstić information content (AvgIpc) is 2.31. The van der Waals surface area contributed by atoms with Crippen molar-refractivity contribution in [3.8, 4) is 0 Å². The van der Waals surface area contributed by atoms with E-state index < -0.39 is 0 Å². The average molecular weight is 224 g/mol. The summed E-state index contributed by atoms with van der Waals surface area (Å²) in [6.07, 6.45) is 2.36. The Kier molecular flexibility index (Phi) is 10.8. The number of hydrogen-bond donors (Lipinski definition) is 0. The summed E-state index contributed by atoms with van der Waals surface area (Å²) in [6.45, 7) is 7.62. The second-order valence-electron chi connectivity index (χ2n) is 3.76. The molecular formula is C10H21KN2O. The Balaban J connectivity index is 0.00000169. The molecule has 1 fully saturated rings. The van der Waals surface area contributed by atoms with Crippen LogP contribution in [0.25, 0.3) is 5.32 Å². The van der Waals surface area contributed by atoms with Crippen molar-refractivity contribution < 1.29 is 56.1 Å². The van der Waals surface area contributed by atoms with Gasteiger partial charge in [0.15, 0.2) is 0 Å². The van der Waals surface area contributed by atoms with Gasteiger partial charge in [0, 0.05) is 20.3 Å². The summed E-state index contributed by atoms with van der Waals surface area (Å²) < 4.78 is 5.04. The van der Waals surface area contributed by atoms with E-state index in [0.29, 0.717) is 6.04 Å². The van der Waals surface area contributed by atoms with E-state index in [1.807, 2.05) is 0 Å². The molecule has 0 saturated carbocycles. The predicted octanol–water partition coefficient (Wildman–Crippen LogP) is -1.51. The van der Waals surface area contributed by atoms with Gasteiger partial charge in [0.25, 0.3) is 0 Å². The molecule has 3 nitrogen and oxygen atoms in total. The number of methoxy groups -OCH3 is 1. The van der Waals surface area contributed by atoms with E-state index in [0.717, 1.165) is 32.7 Å². The molecule has 4 heteroatoms. The van der Waals surface area contributed by atoms with Crippen molar-refractivity contribution in [3.63, 3.8) is 0 Å². The fraction of sp³-hybridized carbons (Fsp3) is 1.00. The molecule has 0 aromatic heterocycles. The Morgan fingerprint density at radius 1 is 1.50 bits per heavy atom. The number of nitrogens with zero attached hydrogens (tertiary/aromatic N) is 2. The summed E-state index contributed by atoms with van der Waals surface area (Å²) in [5, 5.41) is 4.53. The monoisotopic (exact) mass is 224 g/mol. The molecule has 0 bridgehead atoms.